The zero-order valence-corrected chi connectivity index (χ0v) is 8.64. The maximum absolute atomic E-state index is 12.9. The van der Waals surface area contributed by atoms with Crippen molar-refractivity contribution in [3.8, 4) is 0 Å². The van der Waals surface area contributed by atoms with Crippen molar-refractivity contribution in [1.82, 2.24) is 4.90 Å². The zero-order valence-electron chi connectivity index (χ0n) is 8.64. The Morgan fingerprint density at radius 1 is 1.57 bits per heavy atom. The summed E-state index contributed by atoms with van der Waals surface area (Å²) in [6, 6.07) is 0. The van der Waals surface area contributed by atoms with Crippen molar-refractivity contribution in [1.29, 1.82) is 0 Å². The molecule has 3 nitrogen and oxygen atoms in total. The molecule has 1 aliphatic rings. The second-order valence-electron chi connectivity index (χ2n) is 3.79. The molecule has 0 aromatic rings. The average molecular weight is 207 g/mol. The summed E-state index contributed by atoms with van der Waals surface area (Å²) in [5.74, 6) is -4.34. The Labute approximate surface area is 82.0 Å². The van der Waals surface area contributed by atoms with Crippen LogP contribution in [0.3, 0.4) is 0 Å². The third-order valence-corrected chi connectivity index (χ3v) is 2.36. The maximum atomic E-state index is 12.9. The lowest BCUT2D eigenvalue weighted by Gasteiger charge is -2.34. The van der Waals surface area contributed by atoms with Crippen molar-refractivity contribution < 1.29 is 18.3 Å². The van der Waals surface area contributed by atoms with E-state index in [1.807, 2.05) is 0 Å². The van der Waals surface area contributed by atoms with Gasteiger partial charge in [-0.25, -0.2) is 0 Å². The molecule has 14 heavy (non-hydrogen) atoms. The highest BCUT2D eigenvalue weighted by Gasteiger charge is 2.52. The van der Waals surface area contributed by atoms with Crippen LogP contribution in [0.25, 0.3) is 0 Å². The lowest BCUT2D eigenvalue weighted by molar-refractivity contribution is -0.172. The maximum Gasteiger partial charge on any atom is 0.326 e. The van der Waals surface area contributed by atoms with Crippen LogP contribution in [0.15, 0.2) is 0 Å². The van der Waals surface area contributed by atoms with Gasteiger partial charge in [-0.05, 0) is 20.8 Å². The fraction of sp³-hybridized carbons (Fsp3) is 0.889. The predicted molar refractivity (Wildman–Crippen MR) is 47.0 cm³/mol. The van der Waals surface area contributed by atoms with E-state index in [1.165, 1.54) is 0 Å². The van der Waals surface area contributed by atoms with E-state index >= 15 is 0 Å². The molecule has 0 unspecified atom stereocenters. The Hall–Kier alpha value is -0.710. The van der Waals surface area contributed by atoms with E-state index in [0.717, 1.165) is 4.90 Å². The van der Waals surface area contributed by atoms with Crippen molar-refractivity contribution in [2.45, 2.75) is 38.8 Å². The van der Waals surface area contributed by atoms with Gasteiger partial charge in [0.05, 0.1) is 0 Å². The van der Waals surface area contributed by atoms with Crippen LogP contribution in [-0.2, 0) is 9.53 Å². The topological polar surface area (TPSA) is 29.5 Å². The number of ether oxygens (including phenoxy) is 1. The number of amides is 1. The van der Waals surface area contributed by atoms with Crippen molar-refractivity contribution in [2.24, 2.45) is 0 Å². The molecule has 0 aliphatic carbocycles. The standard InChI is InChI=1S/C9H15F2NO2/c1-4-14-8(2,3)12-6-5-9(10,11)7(12)13/h4-6H2,1-3H3. The minimum Gasteiger partial charge on any atom is -0.356 e. The number of hydrogen-bond acceptors (Lipinski definition) is 2. The Morgan fingerprint density at radius 2 is 2.14 bits per heavy atom. The smallest absolute Gasteiger partial charge is 0.326 e. The molecule has 0 bridgehead atoms. The van der Waals surface area contributed by atoms with Gasteiger partial charge in [-0.1, -0.05) is 0 Å². The van der Waals surface area contributed by atoms with Crippen molar-refractivity contribution in [2.75, 3.05) is 13.2 Å². The molecule has 0 spiro atoms. The Kier molecular flexibility index (Phi) is 2.81. The number of likely N-dealkylation sites (tertiary alicyclic amines) is 1. The van der Waals surface area contributed by atoms with Crippen LogP contribution in [0.2, 0.25) is 0 Å². The Bertz CT molecular complexity index is 241. The number of rotatable bonds is 3. The molecule has 1 saturated heterocycles. The molecular weight excluding hydrogens is 192 g/mol. The highest BCUT2D eigenvalue weighted by atomic mass is 19.3. The molecule has 1 amide bonds. The summed E-state index contributed by atoms with van der Waals surface area (Å²) in [5.41, 5.74) is -0.939. The van der Waals surface area contributed by atoms with Crippen molar-refractivity contribution in [3.63, 3.8) is 0 Å². The van der Waals surface area contributed by atoms with Gasteiger partial charge in [-0.3, -0.25) is 4.79 Å². The second-order valence-corrected chi connectivity index (χ2v) is 3.79. The Morgan fingerprint density at radius 3 is 2.50 bits per heavy atom. The number of halogens is 2. The van der Waals surface area contributed by atoms with Crippen LogP contribution in [-0.4, -0.2) is 35.6 Å². The van der Waals surface area contributed by atoms with E-state index in [1.54, 1.807) is 20.8 Å². The second kappa shape index (κ2) is 3.46. The number of carbonyl (C=O) groups excluding carboxylic acids is 1. The third kappa shape index (κ3) is 1.87. The van der Waals surface area contributed by atoms with Gasteiger partial charge >= 0.3 is 5.92 Å². The van der Waals surface area contributed by atoms with E-state index in [2.05, 4.69) is 0 Å². The molecule has 1 rings (SSSR count). The van der Waals surface area contributed by atoms with E-state index in [0.29, 0.717) is 6.61 Å². The van der Waals surface area contributed by atoms with Crippen LogP contribution in [0, 0.1) is 0 Å². The van der Waals surface area contributed by atoms with Gasteiger partial charge in [-0.2, -0.15) is 8.78 Å². The molecule has 0 atom stereocenters. The van der Waals surface area contributed by atoms with E-state index in [-0.39, 0.29) is 6.54 Å². The first kappa shape index (κ1) is 11.4. The summed E-state index contributed by atoms with van der Waals surface area (Å²) >= 11 is 0. The van der Waals surface area contributed by atoms with Gasteiger partial charge in [0.1, 0.15) is 5.72 Å². The molecule has 0 aromatic carbocycles. The van der Waals surface area contributed by atoms with Gasteiger partial charge in [-0.15, -0.1) is 0 Å². The molecule has 0 radical (unpaired) electrons. The fourth-order valence-electron chi connectivity index (χ4n) is 1.60. The molecule has 5 heteroatoms. The van der Waals surface area contributed by atoms with Crippen LogP contribution >= 0.6 is 0 Å². The van der Waals surface area contributed by atoms with Crippen LogP contribution in [0.1, 0.15) is 27.2 Å². The molecule has 1 heterocycles. The van der Waals surface area contributed by atoms with Gasteiger partial charge in [0, 0.05) is 19.6 Å². The Balaban J connectivity index is 2.77. The SMILES string of the molecule is CCOC(C)(C)N1CCC(F)(F)C1=O. The van der Waals surface area contributed by atoms with Gasteiger partial charge in [0.25, 0.3) is 5.91 Å². The summed E-state index contributed by atoms with van der Waals surface area (Å²) in [7, 11) is 0. The number of carbonyl (C=O) groups is 1. The summed E-state index contributed by atoms with van der Waals surface area (Å²) in [5, 5.41) is 0. The highest BCUT2D eigenvalue weighted by Crippen LogP contribution is 2.33. The summed E-state index contributed by atoms with van der Waals surface area (Å²) in [6.45, 7) is 5.45. The van der Waals surface area contributed by atoms with E-state index < -0.39 is 24.0 Å². The molecule has 82 valence electrons. The van der Waals surface area contributed by atoms with Gasteiger partial charge in [0.2, 0.25) is 0 Å². The molecule has 0 aromatic heterocycles. The predicted octanol–water partition coefficient (Wildman–Crippen LogP) is 1.63. The highest BCUT2D eigenvalue weighted by molar-refractivity contribution is 5.86. The number of nitrogens with zero attached hydrogens (tertiary/aromatic N) is 1. The first-order valence-corrected chi connectivity index (χ1v) is 4.65. The first-order chi connectivity index (χ1) is 6.31. The van der Waals surface area contributed by atoms with Crippen molar-refractivity contribution in [3.05, 3.63) is 0 Å². The molecule has 0 saturated carbocycles. The normalized spacial score (nSPS) is 21.8. The minimum atomic E-state index is -3.21. The first-order valence-electron chi connectivity index (χ1n) is 4.65. The van der Waals surface area contributed by atoms with E-state index in [9.17, 15) is 13.6 Å². The molecule has 1 fully saturated rings. The van der Waals surface area contributed by atoms with Crippen molar-refractivity contribution >= 4 is 5.91 Å². The summed E-state index contributed by atoms with van der Waals surface area (Å²) in [6.07, 6.45) is -0.414. The van der Waals surface area contributed by atoms with Crippen LogP contribution < -0.4 is 0 Å². The van der Waals surface area contributed by atoms with Gasteiger partial charge < -0.3 is 9.64 Å². The molecular formula is C9H15F2NO2. The third-order valence-electron chi connectivity index (χ3n) is 2.36. The van der Waals surface area contributed by atoms with Crippen LogP contribution in [0.4, 0.5) is 8.78 Å². The lowest BCUT2D eigenvalue weighted by Crippen LogP contribution is -2.49. The summed E-state index contributed by atoms with van der Waals surface area (Å²) < 4.78 is 31.1. The number of alkyl halides is 2. The number of hydrogen-bond donors (Lipinski definition) is 0. The lowest BCUT2D eigenvalue weighted by atomic mass is 10.2. The minimum absolute atomic E-state index is 0.0544. The molecule has 1 aliphatic heterocycles. The molecule has 0 N–H and O–H groups in total. The van der Waals surface area contributed by atoms with Gasteiger partial charge in [0.15, 0.2) is 0 Å². The monoisotopic (exact) mass is 207 g/mol. The largest absolute Gasteiger partial charge is 0.356 e. The average Bonchev–Trinajstić information content (AvgIpc) is 2.27. The summed E-state index contributed by atoms with van der Waals surface area (Å²) in [4.78, 5) is 12.3. The quantitative estimate of drug-likeness (QED) is 0.703. The van der Waals surface area contributed by atoms with E-state index in [4.69, 9.17) is 4.74 Å². The van der Waals surface area contributed by atoms with Crippen LogP contribution in [0.5, 0.6) is 0 Å². The fourth-order valence-corrected chi connectivity index (χ4v) is 1.60. The zero-order chi connectivity index (χ0) is 11.0.